The van der Waals surface area contributed by atoms with Gasteiger partial charge in [-0.1, -0.05) is 36.4 Å². The van der Waals surface area contributed by atoms with Gasteiger partial charge < -0.3 is 14.2 Å². The van der Waals surface area contributed by atoms with Crippen LogP contribution in [-0.2, 0) is 24.2 Å². The van der Waals surface area contributed by atoms with E-state index in [1.165, 1.54) is 18.9 Å². The summed E-state index contributed by atoms with van der Waals surface area (Å²) in [6, 6.07) is 8.01. The van der Waals surface area contributed by atoms with Gasteiger partial charge in [0.1, 0.15) is 17.6 Å². The number of benzene rings is 1. The van der Waals surface area contributed by atoms with Gasteiger partial charge in [-0.2, -0.15) is 0 Å². The van der Waals surface area contributed by atoms with E-state index in [0.29, 0.717) is 35.2 Å². The van der Waals surface area contributed by atoms with Gasteiger partial charge >= 0.3 is 0 Å². The molecule has 9 heteroatoms. The highest BCUT2D eigenvalue weighted by atomic mass is 35.5. The van der Waals surface area contributed by atoms with Crippen molar-refractivity contribution in [1.29, 1.82) is 0 Å². The summed E-state index contributed by atoms with van der Waals surface area (Å²) in [5.41, 5.74) is 4.23. The number of halogens is 2. The van der Waals surface area contributed by atoms with Crippen molar-refractivity contribution in [1.82, 2.24) is 19.4 Å². The van der Waals surface area contributed by atoms with Crippen molar-refractivity contribution in [3.8, 4) is 5.75 Å². The number of aromatic nitrogens is 3. The molecule has 182 valence electrons. The minimum Gasteiger partial charge on any atom is -0.482 e. The van der Waals surface area contributed by atoms with Gasteiger partial charge in [0.2, 0.25) is 0 Å². The molecule has 1 amide bonds. The van der Waals surface area contributed by atoms with Crippen molar-refractivity contribution in [2.24, 2.45) is 0 Å². The van der Waals surface area contributed by atoms with Crippen molar-refractivity contribution in [3.63, 3.8) is 0 Å². The molecule has 1 atom stereocenters. The number of aryl methyl sites for hydroxylation is 1. The topological polar surface area (TPSA) is 60.2 Å². The molecule has 0 spiro atoms. The third-order valence-corrected chi connectivity index (χ3v) is 8.16. The van der Waals surface area contributed by atoms with Gasteiger partial charge in [-0.05, 0) is 43.5 Å². The Kier molecular flexibility index (Phi) is 5.96. The SMILES string of the molecule is CCc1nc(C2CC2)ccc1OCC(=O)N1CCc2nc3n(c2C1c1ccc(Cl)cc1F)CCS3. The number of amides is 1. The largest absolute Gasteiger partial charge is 0.482 e. The third-order valence-electron chi connectivity index (χ3n) is 6.97. The predicted molar refractivity (Wildman–Crippen MR) is 133 cm³/mol. The molecule has 1 fully saturated rings. The number of pyridine rings is 1. The molecule has 2 aromatic heterocycles. The van der Waals surface area contributed by atoms with Crippen LogP contribution in [0.15, 0.2) is 35.5 Å². The average molecular weight is 513 g/mol. The van der Waals surface area contributed by atoms with E-state index in [2.05, 4.69) is 4.57 Å². The van der Waals surface area contributed by atoms with Crippen molar-refractivity contribution in [2.75, 3.05) is 18.9 Å². The minimum atomic E-state index is -0.576. The van der Waals surface area contributed by atoms with Crippen LogP contribution >= 0.6 is 23.4 Å². The van der Waals surface area contributed by atoms with Gasteiger partial charge in [0.25, 0.3) is 5.91 Å². The first-order chi connectivity index (χ1) is 17.0. The summed E-state index contributed by atoms with van der Waals surface area (Å²) >= 11 is 7.74. The third kappa shape index (κ3) is 4.20. The van der Waals surface area contributed by atoms with Crippen molar-refractivity contribution >= 4 is 29.3 Å². The second-order valence-electron chi connectivity index (χ2n) is 9.23. The summed E-state index contributed by atoms with van der Waals surface area (Å²) in [4.78, 5) is 24.8. The Labute approximate surface area is 212 Å². The lowest BCUT2D eigenvalue weighted by molar-refractivity contribution is -0.135. The molecule has 1 unspecified atom stereocenters. The molecule has 35 heavy (non-hydrogen) atoms. The second kappa shape index (κ2) is 9.13. The zero-order valence-electron chi connectivity index (χ0n) is 19.5. The van der Waals surface area contributed by atoms with Crippen LogP contribution in [0.2, 0.25) is 5.02 Å². The van der Waals surface area contributed by atoms with Gasteiger partial charge in [0.15, 0.2) is 11.8 Å². The van der Waals surface area contributed by atoms with E-state index in [9.17, 15) is 4.79 Å². The molecule has 0 bridgehead atoms. The number of fused-ring (bicyclic) bond motifs is 3. The first-order valence-corrected chi connectivity index (χ1v) is 13.5. The molecule has 1 aromatic carbocycles. The Morgan fingerprint density at radius 1 is 1.23 bits per heavy atom. The maximum absolute atomic E-state index is 15.2. The molecule has 1 aliphatic carbocycles. The van der Waals surface area contributed by atoms with Crippen LogP contribution in [0.3, 0.4) is 0 Å². The summed E-state index contributed by atoms with van der Waals surface area (Å²) in [6.45, 7) is 3.15. The van der Waals surface area contributed by atoms with E-state index in [4.69, 9.17) is 26.3 Å². The molecule has 3 aromatic rings. The van der Waals surface area contributed by atoms with Crippen LogP contribution in [0.25, 0.3) is 0 Å². The van der Waals surface area contributed by atoms with Gasteiger partial charge in [0.05, 0.1) is 17.1 Å². The number of hydrogen-bond acceptors (Lipinski definition) is 5. The number of thioether (sulfide) groups is 1. The van der Waals surface area contributed by atoms with E-state index in [0.717, 1.165) is 46.7 Å². The number of hydrogen-bond donors (Lipinski definition) is 0. The first-order valence-electron chi connectivity index (χ1n) is 12.1. The lowest BCUT2D eigenvalue weighted by atomic mass is 9.94. The van der Waals surface area contributed by atoms with E-state index < -0.39 is 11.9 Å². The Balaban J connectivity index is 1.30. The zero-order chi connectivity index (χ0) is 24.1. The van der Waals surface area contributed by atoms with Crippen LogP contribution < -0.4 is 4.74 Å². The molecule has 6 nitrogen and oxygen atoms in total. The van der Waals surface area contributed by atoms with Crippen LogP contribution in [0.1, 0.15) is 60.1 Å². The predicted octanol–water partition coefficient (Wildman–Crippen LogP) is 5.17. The standard InChI is InChI=1S/C26H26ClFN4O2S/c1-2-19-22(8-7-20(29-19)15-3-4-15)34-14-23(33)31-10-9-21-25(32-11-12-35-26(32)30-21)24(31)17-6-5-16(27)13-18(17)28/h5-8,13,15,24H,2-4,9-12,14H2,1H3. The fourth-order valence-electron chi connectivity index (χ4n) is 5.07. The van der Waals surface area contributed by atoms with E-state index in [-0.39, 0.29) is 12.5 Å². The monoisotopic (exact) mass is 512 g/mol. The summed E-state index contributed by atoms with van der Waals surface area (Å²) in [5, 5.41) is 1.26. The molecule has 0 N–H and O–H groups in total. The van der Waals surface area contributed by atoms with Gasteiger partial charge in [-0.3, -0.25) is 9.78 Å². The minimum absolute atomic E-state index is 0.131. The summed E-state index contributed by atoms with van der Waals surface area (Å²) in [5.74, 6) is 1.50. The average Bonchev–Trinajstić information content (AvgIpc) is 3.50. The second-order valence-corrected chi connectivity index (χ2v) is 10.7. The quantitative estimate of drug-likeness (QED) is 0.456. The Morgan fingerprint density at radius 3 is 2.86 bits per heavy atom. The maximum atomic E-state index is 15.2. The molecule has 4 heterocycles. The highest BCUT2D eigenvalue weighted by Crippen LogP contribution is 2.42. The highest BCUT2D eigenvalue weighted by Gasteiger charge is 2.39. The summed E-state index contributed by atoms with van der Waals surface area (Å²) in [7, 11) is 0. The lowest BCUT2D eigenvalue weighted by Gasteiger charge is -2.36. The van der Waals surface area contributed by atoms with Crippen molar-refractivity contribution in [3.05, 3.63) is 69.5 Å². The van der Waals surface area contributed by atoms with Gasteiger partial charge in [-0.15, -0.1) is 0 Å². The Morgan fingerprint density at radius 2 is 2.09 bits per heavy atom. The first kappa shape index (κ1) is 22.9. The number of rotatable bonds is 6. The molecule has 2 aliphatic heterocycles. The summed E-state index contributed by atoms with van der Waals surface area (Å²) < 4.78 is 23.3. The highest BCUT2D eigenvalue weighted by molar-refractivity contribution is 7.99. The van der Waals surface area contributed by atoms with Gasteiger partial charge in [-0.25, -0.2) is 9.37 Å². The number of ether oxygens (including phenoxy) is 1. The van der Waals surface area contributed by atoms with Crippen molar-refractivity contribution < 1.29 is 13.9 Å². The van der Waals surface area contributed by atoms with Crippen molar-refractivity contribution in [2.45, 2.75) is 56.3 Å². The number of imidazole rings is 1. The van der Waals surface area contributed by atoms with E-state index in [1.54, 1.807) is 28.8 Å². The lowest BCUT2D eigenvalue weighted by Crippen LogP contribution is -2.44. The normalized spacial score (nSPS) is 18.9. The molecule has 6 rings (SSSR count). The molecule has 1 saturated carbocycles. The van der Waals surface area contributed by atoms with E-state index >= 15 is 4.39 Å². The van der Waals surface area contributed by atoms with Crippen LogP contribution in [0, 0.1) is 5.82 Å². The molecule has 0 radical (unpaired) electrons. The molecular weight excluding hydrogens is 487 g/mol. The number of nitrogens with zero attached hydrogens (tertiary/aromatic N) is 4. The van der Waals surface area contributed by atoms with Crippen LogP contribution in [0.4, 0.5) is 4.39 Å². The van der Waals surface area contributed by atoms with Crippen LogP contribution in [-0.4, -0.2) is 44.2 Å². The number of carbonyl (C=O) groups is 1. The Bertz CT molecular complexity index is 1310. The number of carbonyl (C=O) groups excluding carboxylic acids is 1. The Hall–Kier alpha value is -2.58. The maximum Gasteiger partial charge on any atom is 0.261 e. The zero-order valence-corrected chi connectivity index (χ0v) is 21.0. The van der Waals surface area contributed by atoms with Gasteiger partial charge in [0, 0.05) is 47.5 Å². The van der Waals surface area contributed by atoms with Crippen LogP contribution in [0.5, 0.6) is 5.75 Å². The molecular formula is C26H26ClFN4O2S. The summed E-state index contributed by atoms with van der Waals surface area (Å²) in [6.07, 6.45) is 3.73. The fraction of sp³-hybridized carbons (Fsp3) is 0.423. The molecule has 3 aliphatic rings. The smallest absolute Gasteiger partial charge is 0.261 e. The fourth-order valence-corrected chi connectivity index (χ4v) is 6.20. The molecule has 0 saturated heterocycles. The van der Waals surface area contributed by atoms with E-state index in [1.807, 2.05) is 19.1 Å².